The number of benzene rings is 1. The molecule has 0 saturated carbocycles. The van der Waals surface area contributed by atoms with E-state index in [1.807, 2.05) is 12.3 Å². The van der Waals surface area contributed by atoms with Crippen LogP contribution >= 0.6 is 0 Å². The summed E-state index contributed by atoms with van der Waals surface area (Å²) in [7, 11) is 0. The Balaban J connectivity index is 1.44. The lowest BCUT2D eigenvalue weighted by Gasteiger charge is -2.32. The molecule has 3 heterocycles. The minimum absolute atomic E-state index is 0.514. The largest absolute Gasteiger partial charge is 0.297 e. The molecule has 1 aliphatic rings. The van der Waals surface area contributed by atoms with Crippen LogP contribution in [0.2, 0.25) is 0 Å². The third-order valence-corrected chi connectivity index (χ3v) is 5.33. The van der Waals surface area contributed by atoms with Gasteiger partial charge in [-0.25, -0.2) is 0 Å². The molecule has 0 radical (unpaired) electrons. The number of piperidine rings is 1. The fourth-order valence-electron chi connectivity index (χ4n) is 4.02. The Morgan fingerprint density at radius 2 is 1.89 bits per heavy atom. The Kier molecular flexibility index (Phi) is 5.59. The van der Waals surface area contributed by atoms with E-state index in [1.54, 1.807) is 0 Å². The summed E-state index contributed by atoms with van der Waals surface area (Å²) in [5.41, 5.74) is 6.20. The average Bonchev–Trinajstić information content (AvgIpc) is 2.69. The molecule has 1 saturated heterocycles. The first-order valence-electron chi connectivity index (χ1n) is 9.90. The quantitative estimate of drug-likeness (QED) is 0.659. The third-order valence-electron chi connectivity index (χ3n) is 5.33. The molecule has 0 spiro atoms. The number of likely N-dealkylation sites (tertiary alicyclic amines) is 1. The average molecular weight is 358 g/mol. The highest BCUT2D eigenvalue weighted by Crippen LogP contribution is 2.27. The van der Waals surface area contributed by atoms with Crippen LogP contribution in [0.5, 0.6) is 0 Å². The number of aromatic nitrogens is 2. The second kappa shape index (κ2) is 8.45. The van der Waals surface area contributed by atoms with Crippen LogP contribution in [-0.4, -0.2) is 28.0 Å². The SMILES string of the molecule is Cc1cccc(Cc2cccc([C@H]3CCCN(Cc4ccccn4)C3)n2)c1. The highest BCUT2D eigenvalue weighted by atomic mass is 15.1. The number of aryl methyl sites for hydroxylation is 1. The molecule has 4 rings (SSSR count). The topological polar surface area (TPSA) is 29.0 Å². The van der Waals surface area contributed by atoms with Gasteiger partial charge < -0.3 is 0 Å². The second-order valence-electron chi connectivity index (χ2n) is 7.61. The van der Waals surface area contributed by atoms with Crippen LogP contribution in [0, 0.1) is 6.92 Å². The third kappa shape index (κ3) is 4.81. The Morgan fingerprint density at radius 3 is 2.74 bits per heavy atom. The molecule has 1 atom stereocenters. The fourth-order valence-corrected chi connectivity index (χ4v) is 4.02. The maximum atomic E-state index is 5.02. The van der Waals surface area contributed by atoms with Gasteiger partial charge in [0.25, 0.3) is 0 Å². The van der Waals surface area contributed by atoms with Gasteiger partial charge in [-0.15, -0.1) is 0 Å². The molecule has 0 N–H and O–H groups in total. The van der Waals surface area contributed by atoms with Gasteiger partial charge in [0.2, 0.25) is 0 Å². The summed E-state index contributed by atoms with van der Waals surface area (Å²) in [5.74, 6) is 0.514. The van der Waals surface area contributed by atoms with Crippen molar-refractivity contribution in [1.29, 1.82) is 0 Å². The van der Waals surface area contributed by atoms with E-state index in [4.69, 9.17) is 4.98 Å². The van der Waals surface area contributed by atoms with Crippen molar-refractivity contribution in [3.8, 4) is 0 Å². The fraction of sp³-hybridized carbons (Fsp3) is 0.333. The molecule has 3 nitrogen and oxygen atoms in total. The van der Waals surface area contributed by atoms with Crippen LogP contribution in [0.25, 0.3) is 0 Å². The summed E-state index contributed by atoms with van der Waals surface area (Å²) in [6.07, 6.45) is 5.23. The van der Waals surface area contributed by atoms with Gasteiger partial charge in [0.05, 0.1) is 5.69 Å². The number of rotatable bonds is 5. The molecule has 3 aromatic rings. The minimum Gasteiger partial charge on any atom is -0.297 e. The zero-order valence-electron chi connectivity index (χ0n) is 16.0. The van der Waals surface area contributed by atoms with E-state index >= 15 is 0 Å². The molecule has 0 aliphatic carbocycles. The van der Waals surface area contributed by atoms with Crippen LogP contribution in [0.3, 0.4) is 0 Å². The molecule has 0 bridgehead atoms. The van der Waals surface area contributed by atoms with Crippen LogP contribution in [0.1, 0.15) is 47.0 Å². The zero-order chi connectivity index (χ0) is 18.5. The maximum Gasteiger partial charge on any atom is 0.0543 e. The van der Waals surface area contributed by atoms with E-state index < -0.39 is 0 Å². The van der Waals surface area contributed by atoms with Crippen molar-refractivity contribution in [2.24, 2.45) is 0 Å². The molecule has 1 aromatic carbocycles. The maximum absolute atomic E-state index is 5.02. The predicted molar refractivity (Wildman–Crippen MR) is 110 cm³/mol. The molecule has 1 aliphatic heterocycles. The minimum atomic E-state index is 0.514. The van der Waals surface area contributed by atoms with Gasteiger partial charge in [0.15, 0.2) is 0 Å². The molecule has 0 unspecified atom stereocenters. The normalized spacial score (nSPS) is 17.7. The van der Waals surface area contributed by atoms with E-state index in [1.165, 1.54) is 35.4 Å². The Morgan fingerprint density at radius 1 is 1.00 bits per heavy atom. The van der Waals surface area contributed by atoms with Crippen molar-refractivity contribution >= 4 is 0 Å². The lowest BCUT2D eigenvalue weighted by atomic mass is 9.93. The molecule has 2 aromatic heterocycles. The van der Waals surface area contributed by atoms with Crippen molar-refractivity contribution in [2.75, 3.05) is 13.1 Å². The smallest absolute Gasteiger partial charge is 0.0543 e. The highest BCUT2D eigenvalue weighted by Gasteiger charge is 2.22. The van der Waals surface area contributed by atoms with Gasteiger partial charge in [-0.3, -0.25) is 14.9 Å². The molecular weight excluding hydrogens is 330 g/mol. The molecule has 27 heavy (non-hydrogen) atoms. The summed E-state index contributed by atoms with van der Waals surface area (Å²) >= 11 is 0. The molecule has 0 amide bonds. The monoisotopic (exact) mass is 357 g/mol. The summed E-state index contributed by atoms with van der Waals surface area (Å²) in [6.45, 7) is 5.29. The lowest BCUT2D eigenvalue weighted by molar-refractivity contribution is 0.196. The predicted octanol–water partition coefficient (Wildman–Crippen LogP) is 4.76. The standard InChI is InChI=1S/C24H27N3/c1-19-7-4-8-20(15-19)16-22-11-5-12-24(26-22)21-9-6-14-27(17-21)18-23-10-2-3-13-25-23/h2-5,7-8,10-13,15,21H,6,9,14,16-18H2,1H3/t21-/m0/s1. The summed E-state index contributed by atoms with van der Waals surface area (Å²) in [6, 6.07) is 21.4. The van der Waals surface area contributed by atoms with Crippen LogP contribution in [-0.2, 0) is 13.0 Å². The first kappa shape index (κ1) is 17.9. The van der Waals surface area contributed by atoms with Crippen molar-refractivity contribution in [3.05, 3.63) is 95.1 Å². The van der Waals surface area contributed by atoms with Gasteiger partial charge in [-0.2, -0.15) is 0 Å². The number of hydrogen-bond donors (Lipinski definition) is 0. The Labute approximate surface area is 162 Å². The summed E-state index contributed by atoms with van der Waals surface area (Å²) in [5, 5.41) is 0. The van der Waals surface area contributed by atoms with Gasteiger partial charge >= 0.3 is 0 Å². The number of pyridine rings is 2. The molecule has 1 fully saturated rings. The van der Waals surface area contributed by atoms with Crippen molar-refractivity contribution < 1.29 is 0 Å². The van der Waals surface area contributed by atoms with E-state index in [0.717, 1.165) is 31.7 Å². The zero-order valence-corrected chi connectivity index (χ0v) is 16.0. The Hall–Kier alpha value is -2.52. The van der Waals surface area contributed by atoms with Gasteiger partial charge in [-0.05, 0) is 56.1 Å². The van der Waals surface area contributed by atoms with Crippen molar-refractivity contribution in [3.63, 3.8) is 0 Å². The van der Waals surface area contributed by atoms with E-state index in [0.29, 0.717) is 5.92 Å². The molecule has 3 heteroatoms. The molecular formula is C24H27N3. The first-order valence-corrected chi connectivity index (χ1v) is 9.90. The van der Waals surface area contributed by atoms with E-state index in [-0.39, 0.29) is 0 Å². The second-order valence-corrected chi connectivity index (χ2v) is 7.61. The summed E-state index contributed by atoms with van der Waals surface area (Å²) < 4.78 is 0. The lowest BCUT2D eigenvalue weighted by Crippen LogP contribution is -2.34. The van der Waals surface area contributed by atoms with Gasteiger partial charge in [0, 0.05) is 43.0 Å². The summed E-state index contributed by atoms with van der Waals surface area (Å²) in [4.78, 5) is 12.0. The van der Waals surface area contributed by atoms with E-state index in [2.05, 4.69) is 71.4 Å². The first-order chi connectivity index (χ1) is 13.3. The highest BCUT2D eigenvalue weighted by molar-refractivity contribution is 5.27. The number of nitrogens with zero attached hydrogens (tertiary/aromatic N) is 3. The van der Waals surface area contributed by atoms with E-state index in [9.17, 15) is 0 Å². The van der Waals surface area contributed by atoms with Gasteiger partial charge in [0.1, 0.15) is 0 Å². The van der Waals surface area contributed by atoms with Crippen LogP contribution < -0.4 is 0 Å². The van der Waals surface area contributed by atoms with Crippen molar-refractivity contribution in [1.82, 2.24) is 14.9 Å². The van der Waals surface area contributed by atoms with Crippen molar-refractivity contribution in [2.45, 2.75) is 38.6 Å². The number of hydrogen-bond acceptors (Lipinski definition) is 3. The molecule has 138 valence electrons. The van der Waals surface area contributed by atoms with Crippen LogP contribution in [0.15, 0.2) is 66.9 Å². The van der Waals surface area contributed by atoms with Gasteiger partial charge in [-0.1, -0.05) is 42.0 Å². The Bertz CT molecular complexity index is 876. The van der Waals surface area contributed by atoms with Crippen LogP contribution in [0.4, 0.5) is 0 Å².